The maximum atomic E-state index is 12.3. The third kappa shape index (κ3) is 3.31. The summed E-state index contributed by atoms with van der Waals surface area (Å²) in [7, 11) is -2.07. The van der Waals surface area contributed by atoms with Gasteiger partial charge in [-0.1, -0.05) is 6.07 Å². The second-order valence-corrected chi connectivity index (χ2v) is 7.12. The van der Waals surface area contributed by atoms with Gasteiger partial charge in [-0.05, 0) is 47.5 Å². The molecular weight excluding hydrogens is 316 g/mol. The topological polar surface area (TPSA) is 61.2 Å². The van der Waals surface area contributed by atoms with Gasteiger partial charge in [-0.2, -0.15) is 9.57 Å². The molecule has 98 valence electrons. The Morgan fingerprint density at radius 2 is 2.11 bits per heavy atom. The third-order valence-corrected chi connectivity index (χ3v) is 5.33. The van der Waals surface area contributed by atoms with E-state index in [-0.39, 0.29) is 17.4 Å². The summed E-state index contributed by atoms with van der Waals surface area (Å²) in [5.41, 5.74) is 0.980. The summed E-state index contributed by atoms with van der Waals surface area (Å²) in [6, 6.07) is 7.10. The number of rotatable bonds is 4. The minimum Gasteiger partial charge on any atom is -0.207 e. The SMILES string of the molecule is Cc1ccc(S(=O)(=O)N(C)CC(C)C#N)c(Br)c1. The minimum absolute atomic E-state index is 0.180. The van der Waals surface area contributed by atoms with Crippen molar-refractivity contribution in [2.24, 2.45) is 5.92 Å². The van der Waals surface area contributed by atoms with Crippen LogP contribution in [0, 0.1) is 24.2 Å². The van der Waals surface area contributed by atoms with E-state index in [2.05, 4.69) is 15.9 Å². The fraction of sp³-hybridized carbons (Fsp3) is 0.417. The molecule has 0 aliphatic rings. The molecule has 0 spiro atoms. The Morgan fingerprint density at radius 1 is 1.50 bits per heavy atom. The van der Waals surface area contributed by atoms with E-state index < -0.39 is 10.0 Å². The van der Waals surface area contributed by atoms with E-state index in [1.54, 1.807) is 25.1 Å². The van der Waals surface area contributed by atoms with Crippen molar-refractivity contribution in [1.29, 1.82) is 5.26 Å². The summed E-state index contributed by atoms with van der Waals surface area (Å²) in [6.45, 7) is 3.76. The van der Waals surface area contributed by atoms with Gasteiger partial charge in [0.05, 0.1) is 16.9 Å². The normalized spacial score (nSPS) is 13.3. The van der Waals surface area contributed by atoms with Crippen molar-refractivity contribution in [3.63, 3.8) is 0 Å². The fourth-order valence-corrected chi connectivity index (χ4v) is 3.92. The van der Waals surface area contributed by atoms with Crippen LogP contribution in [0.5, 0.6) is 0 Å². The molecule has 1 rings (SSSR count). The number of aryl methyl sites for hydroxylation is 1. The van der Waals surface area contributed by atoms with E-state index in [0.717, 1.165) is 5.56 Å². The molecule has 1 unspecified atom stereocenters. The first kappa shape index (κ1) is 15.2. The average molecular weight is 331 g/mol. The lowest BCUT2D eigenvalue weighted by Crippen LogP contribution is -2.31. The van der Waals surface area contributed by atoms with Crippen molar-refractivity contribution in [2.45, 2.75) is 18.7 Å². The Labute approximate surface area is 116 Å². The maximum absolute atomic E-state index is 12.3. The van der Waals surface area contributed by atoms with E-state index in [1.807, 2.05) is 13.0 Å². The van der Waals surface area contributed by atoms with Crippen molar-refractivity contribution in [1.82, 2.24) is 4.31 Å². The Hall–Kier alpha value is -0.900. The smallest absolute Gasteiger partial charge is 0.207 e. The van der Waals surface area contributed by atoms with E-state index in [9.17, 15) is 8.42 Å². The molecule has 0 saturated heterocycles. The first-order valence-corrected chi connectivity index (χ1v) is 7.64. The zero-order chi connectivity index (χ0) is 13.9. The molecule has 6 heteroatoms. The van der Waals surface area contributed by atoms with Crippen LogP contribution >= 0.6 is 15.9 Å². The number of hydrogen-bond acceptors (Lipinski definition) is 3. The van der Waals surface area contributed by atoms with E-state index in [4.69, 9.17) is 5.26 Å². The predicted octanol–water partition coefficient (Wildman–Crippen LogP) is 2.54. The van der Waals surface area contributed by atoms with Crippen molar-refractivity contribution in [2.75, 3.05) is 13.6 Å². The molecule has 1 aromatic carbocycles. The zero-order valence-corrected chi connectivity index (χ0v) is 12.9. The van der Waals surface area contributed by atoms with E-state index in [1.165, 1.54) is 11.4 Å². The molecule has 1 atom stereocenters. The minimum atomic E-state index is -3.56. The molecule has 0 fully saturated rings. The molecule has 0 aliphatic heterocycles. The van der Waals surface area contributed by atoms with Crippen molar-refractivity contribution in [3.05, 3.63) is 28.2 Å². The van der Waals surface area contributed by atoms with Crippen LogP contribution in [-0.4, -0.2) is 26.3 Å². The molecule has 0 saturated carbocycles. The molecule has 18 heavy (non-hydrogen) atoms. The third-order valence-electron chi connectivity index (χ3n) is 2.53. The highest BCUT2D eigenvalue weighted by Gasteiger charge is 2.24. The van der Waals surface area contributed by atoms with E-state index >= 15 is 0 Å². The zero-order valence-electron chi connectivity index (χ0n) is 10.5. The molecule has 0 N–H and O–H groups in total. The number of nitriles is 1. The summed E-state index contributed by atoms with van der Waals surface area (Å²) in [5.74, 6) is -0.339. The number of hydrogen-bond donors (Lipinski definition) is 0. The molecule has 0 radical (unpaired) electrons. The van der Waals surface area contributed by atoms with Crippen molar-refractivity contribution in [3.8, 4) is 6.07 Å². The quantitative estimate of drug-likeness (QED) is 0.852. The molecular formula is C12H15BrN2O2S. The lowest BCUT2D eigenvalue weighted by molar-refractivity contribution is 0.439. The Bertz CT molecular complexity index is 578. The van der Waals surface area contributed by atoms with Gasteiger partial charge in [-0.3, -0.25) is 0 Å². The first-order chi connectivity index (χ1) is 8.28. The van der Waals surface area contributed by atoms with Gasteiger partial charge in [0.2, 0.25) is 10.0 Å². The Kier molecular flexibility index (Phi) is 4.91. The molecule has 1 aromatic rings. The fourth-order valence-electron chi connectivity index (χ4n) is 1.51. The summed E-state index contributed by atoms with van der Waals surface area (Å²) < 4.78 is 26.3. The van der Waals surface area contributed by atoms with Gasteiger partial charge in [0, 0.05) is 18.1 Å². The second kappa shape index (κ2) is 5.83. The summed E-state index contributed by atoms with van der Waals surface area (Å²) >= 11 is 3.26. The van der Waals surface area contributed by atoms with Crippen LogP contribution in [0.3, 0.4) is 0 Å². The Morgan fingerprint density at radius 3 is 2.61 bits per heavy atom. The highest BCUT2D eigenvalue weighted by atomic mass is 79.9. The van der Waals surface area contributed by atoms with Gasteiger partial charge in [-0.25, -0.2) is 8.42 Å². The van der Waals surface area contributed by atoms with Crippen molar-refractivity contribution >= 4 is 26.0 Å². The largest absolute Gasteiger partial charge is 0.243 e. The number of benzene rings is 1. The predicted molar refractivity (Wildman–Crippen MR) is 73.5 cm³/mol. The second-order valence-electron chi connectivity index (χ2n) is 4.25. The monoisotopic (exact) mass is 330 g/mol. The standard InChI is InChI=1S/C12H15BrN2O2S/c1-9-4-5-12(11(13)6-9)18(16,17)15(3)8-10(2)7-14/h4-6,10H,8H2,1-3H3. The van der Waals surface area contributed by atoms with Crippen LogP contribution in [0.1, 0.15) is 12.5 Å². The van der Waals surface area contributed by atoms with Gasteiger partial charge in [0.25, 0.3) is 0 Å². The van der Waals surface area contributed by atoms with Crippen LogP contribution < -0.4 is 0 Å². The molecule has 0 aromatic heterocycles. The maximum Gasteiger partial charge on any atom is 0.243 e. The summed E-state index contributed by atoms with van der Waals surface area (Å²) in [6.07, 6.45) is 0. The summed E-state index contributed by atoms with van der Waals surface area (Å²) in [4.78, 5) is 0.223. The molecule has 0 bridgehead atoms. The van der Waals surface area contributed by atoms with Crippen LogP contribution in [0.4, 0.5) is 0 Å². The number of sulfonamides is 1. The molecule has 0 heterocycles. The first-order valence-electron chi connectivity index (χ1n) is 5.41. The molecule has 0 aliphatic carbocycles. The van der Waals surface area contributed by atoms with Crippen molar-refractivity contribution < 1.29 is 8.42 Å². The van der Waals surface area contributed by atoms with Crippen LogP contribution in [0.15, 0.2) is 27.6 Å². The summed E-state index contributed by atoms with van der Waals surface area (Å²) in [5, 5.41) is 8.73. The lowest BCUT2D eigenvalue weighted by atomic mass is 10.2. The van der Waals surface area contributed by atoms with Gasteiger partial charge in [0.1, 0.15) is 0 Å². The average Bonchev–Trinajstić information content (AvgIpc) is 2.28. The van der Waals surface area contributed by atoms with Gasteiger partial charge < -0.3 is 0 Å². The van der Waals surface area contributed by atoms with Crippen LogP contribution in [0.25, 0.3) is 0 Å². The van der Waals surface area contributed by atoms with Crippen LogP contribution in [-0.2, 0) is 10.0 Å². The Balaban J connectivity index is 3.10. The van der Waals surface area contributed by atoms with Gasteiger partial charge >= 0.3 is 0 Å². The van der Waals surface area contributed by atoms with Crippen LogP contribution in [0.2, 0.25) is 0 Å². The number of halogens is 1. The lowest BCUT2D eigenvalue weighted by Gasteiger charge is -2.19. The highest BCUT2D eigenvalue weighted by Crippen LogP contribution is 2.25. The van der Waals surface area contributed by atoms with E-state index in [0.29, 0.717) is 4.47 Å². The molecule has 4 nitrogen and oxygen atoms in total. The molecule has 0 amide bonds. The van der Waals surface area contributed by atoms with Gasteiger partial charge in [-0.15, -0.1) is 0 Å². The highest BCUT2D eigenvalue weighted by molar-refractivity contribution is 9.10. The van der Waals surface area contributed by atoms with Gasteiger partial charge in [0.15, 0.2) is 0 Å². The number of nitrogens with zero attached hydrogens (tertiary/aromatic N) is 2.